The second-order valence-corrected chi connectivity index (χ2v) is 8.51. The van der Waals surface area contributed by atoms with E-state index < -0.39 is 0 Å². The van der Waals surface area contributed by atoms with E-state index in [0.717, 1.165) is 18.7 Å². The zero-order chi connectivity index (χ0) is 22.4. The Bertz CT molecular complexity index is 1330. The highest BCUT2D eigenvalue weighted by atomic mass is 19.1. The lowest BCUT2D eigenvalue weighted by Crippen LogP contribution is -2.08. The number of rotatable bonds is 5. The number of hydrogen-bond donors (Lipinski definition) is 0. The molecule has 0 fully saturated rings. The second kappa shape index (κ2) is 7.98. The van der Waals surface area contributed by atoms with Gasteiger partial charge in [0.2, 0.25) is 0 Å². The normalized spacial score (nSPS) is 11.8. The van der Waals surface area contributed by atoms with Crippen LogP contribution in [0.5, 0.6) is 0 Å². The lowest BCUT2D eigenvalue weighted by atomic mass is 9.82. The van der Waals surface area contributed by atoms with Gasteiger partial charge in [0, 0.05) is 52.2 Å². The Morgan fingerprint density at radius 2 is 1.09 bits per heavy atom. The molecule has 0 saturated heterocycles. The summed E-state index contributed by atoms with van der Waals surface area (Å²) in [5.41, 5.74) is 8.81. The summed E-state index contributed by atoms with van der Waals surface area (Å²) in [7, 11) is 0. The van der Waals surface area contributed by atoms with Gasteiger partial charge < -0.3 is 9.13 Å². The standard InChI is InChI=1S/C29H29FN2/c1-5-31-19(3)27(23-11-7-9-13-25(23)31)29(21-15-17-22(30)18-16-21)28-20(4)32(6-2)26-14-10-8-12-24(26)28/h7-18,29H,5-6H2,1-4H3. The molecule has 0 aliphatic rings. The Morgan fingerprint density at radius 3 is 1.53 bits per heavy atom. The average Bonchev–Trinajstić information content (AvgIpc) is 3.26. The van der Waals surface area contributed by atoms with Crippen LogP contribution < -0.4 is 0 Å². The molecular formula is C29H29FN2. The summed E-state index contributed by atoms with van der Waals surface area (Å²) in [4.78, 5) is 0. The summed E-state index contributed by atoms with van der Waals surface area (Å²) < 4.78 is 18.7. The molecule has 5 aromatic rings. The van der Waals surface area contributed by atoms with Crippen LogP contribution >= 0.6 is 0 Å². The minimum Gasteiger partial charge on any atom is -0.345 e. The first-order valence-electron chi connectivity index (χ1n) is 11.5. The van der Waals surface area contributed by atoms with Crippen molar-refractivity contribution in [3.63, 3.8) is 0 Å². The third-order valence-electron chi connectivity index (χ3n) is 6.97. The smallest absolute Gasteiger partial charge is 0.123 e. The number of aryl methyl sites for hydroxylation is 2. The topological polar surface area (TPSA) is 9.86 Å². The van der Waals surface area contributed by atoms with Gasteiger partial charge in [0.05, 0.1) is 0 Å². The van der Waals surface area contributed by atoms with Crippen LogP contribution in [0.2, 0.25) is 0 Å². The molecule has 0 unspecified atom stereocenters. The largest absolute Gasteiger partial charge is 0.345 e. The van der Waals surface area contributed by atoms with Crippen molar-refractivity contribution in [2.24, 2.45) is 0 Å². The van der Waals surface area contributed by atoms with E-state index in [9.17, 15) is 4.39 Å². The van der Waals surface area contributed by atoms with Crippen LogP contribution in [0.1, 0.15) is 47.8 Å². The van der Waals surface area contributed by atoms with Crippen LogP contribution in [0.4, 0.5) is 4.39 Å². The summed E-state index contributed by atoms with van der Waals surface area (Å²) in [6, 6.07) is 24.4. The van der Waals surface area contributed by atoms with Crippen molar-refractivity contribution in [1.29, 1.82) is 0 Å². The van der Waals surface area contributed by atoms with Crippen molar-refractivity contribution in [1.82, 2.24) is 9.13 Å². The minimum atomic E-state index is -0.201. The lowest BCUT2D eigenvalue weighted by Gasteiger charge is -2.21. The van der Waals surface area contributed by atoms with E-state index in [1.54, 1.807) is 12.1 Å². The number of nitrogens with zero attached hydrogens (tertiary/aromatic N) is 2. The van der Waals surface area contributed by atoms with Crippen LogP contribution in [-0.4, -0.2) is 9.13 Å². The third-order valence-corrected chi connectivity index (χ3v) is 6.97. The Morgan fingerprint density at radius 1 is 0.656 bits per heavy atom. The molecule has 0 saturated carbocycles. The van der Waals surface area contributed by atoms with Crippen LogP contribution in [0.25, 0.3) is 21.8 Å². The van der Waals surface area contributed by atoms with Gasteiger partial charge >= 0.3 is 0 Å². The van der Waals surface area contributed by atoms with E-state index in [4.69, 9.17) is 0 Å². The fourth-order valence-corrected chi connectivity index (χ4v) is 5.59. The Hall–Kier alpha value is -3.33. The zero-order valence-electron chi connectivity index (χ0n) is 19.2. The maximum atomic E-state index is 13.9. The van der Waals surface area contributed by atoms with Crippen molar-refractivity contribution in [3.8, 4) is 0 Å². The van der Waals surface area contributed by atoms with Gasteiger partial charge in [-0.1, -0.05) is 48.5 Å². The van der Waals surface area contributed by atoms with Gasteiger partial charge in [-0.05, 0) is 68.7 Å². The average molecular weight is 425 g/mol. The number of benzene rings is 3. The summed E-state index contributed by atoms with van der Waals surface area (Å²) >= 11 is 0. The van der Waals surface area contributed by atoms with Crippen molar-refractivity contribution >= 4 is 21.8 Å². The third kappa shape index (κ3) is 2.99. The second-order valence-electron chi connectivity index (χ2n) is 8.51. The summed E-state index contributed by atoms with van der Waals surface area (Å²) in [5.74, 6) is -0.182. The van der Waals surface area contributed by atoms with E-state index >= 15 is 0 Å². The van der Waals surface area contributed by atoms with Crippen molar-refractivity contribution in [2.75, 3.05) is 0 Å². The monoisotopic (exact) mass is 424 g/mol. The summed E-state index contributed by atoms with van der Waals surface area (Å²) in [6.45, 7) is 10.7. The Labute approximate surface area is 188 Å². The molecular weight excluding hydrogens is 395 g/mol. The SMILES string of the molecule is CCn1c(C)c(C(c2ccc(F)cc2)c2c(C)n(CC)c3ccccc23)c2ccccc21. The molecule has 0 bridgehead atoms. The van der Waals surface area contributed by atoms with Gasteiger partial charge in [0.1, 0.15) is 5.82 Å². The molecule has 0 N–H and O–H groups in total. The van der Waals surface area contributed by atoms with Gasteiger partial charge in [-0.3, -0.25) is 0 Å². The molecule has 32 heavy (non-hydrogen) atoms. The molecule has 5 rings (SSSR count). The van der Waals surface area contributed by atoms with Gasteiger partial charge in [0.25, 0.3) is 0 Å². The minimum absolute atomic E-state index is 0.0194. The van der Waals surface area contributed by atoms with E-state index in [2.05, 4.69) is 85.4 Å². The van der Waals surface area contributed by atoms with Crippen molar-refractivity contribution in [2.45, 2.75) is 46.7 Å². The highest BCUT2D eigenvalue weighted by Crippen LogP contribution is 2.44. The molecule has 2 nitrogen and oxygen atoms in total. The first-order chi connectivity index (χ1) is 15.6. The molecule has 3 heteroatoms. The highest BCUT2D eigenvalue weighted by Gasteiger charge is 2.29. The molecule has 0 radical (unpaired) electrons. The van der Waals surface area contributed by atoms with E-state index in [1.165, 1.54) is 44.3 Å². The van der Waals surface area contributed by atoms with E-state index in [1.807, 2.05) is 12.1 Å². The van der Waals surface area contributed by atoms with Crippen LogP contribution in [0.3, 0.4) is 0 Å². The molecule has 2 aromatic heterocycles. The number of fused-ring (bicyclic) bond motifs is 2. The van der Waals surface area contributed by atoms with Gasteiger partial charge in [-0.2, -0.15) is 0 Å². The molecule has 3 aromatic carbocycles. The molecule has 0 aliphatic heterocycles. The van der Waals surface area contributed by atoms with E-state index in [-0.39, 0.29) is 11.7 Å². The molecule has 0 aliphatic carbocycles. The van der Waals surface area contributed by atoms with Gasteiger partial charge in [0.15, 0.2) is 0 Å². The van der Waals surface area contributed by atoms with Crippen molar-refractivity contribution < 1.29 is 4.39 Å². The van der Waals surface area contributed by atoms with Gasteiger partial charge in [-0.25, -0.2) is 4.39 Å². The Balaban J connectivity index is 1.92. The van der Waals surface area contributed by atoms with Crippen LogP contribution in [0, 0.1) is 19.7 Å². The van der Waals surface area contributed by atoms with Crippen molar-refractivity contribution in [3.05, 3.63) is 107 Å². The maximum absolute atomic E-state index is 13.9. The van der Waals surface area contributed by atoms with Crippen LogP contribution in [-0.2, 0) is 13.1 Å². The molecule has 162 valence electrons. The maximum Gasteiger partial charge on any atom is 0.123 e. The molecule has 2 heterocycles. The predicted molar refractivity (Wildman–Crippen MR) is 132 cm³/mol. The van der Waals surface area contributed by atoms with Crippen LogP contribution in [0.15, 0.2) is 72.8 Å². The molecule has 0 spiro atoms. The molecule has 0 atom stereocenters. The number of hydrogen-bond acceptors (Lipinski definition) is 0. The van der Waals surface area contributed by atoms with E-state index in [0.29, 0.717) is 0 Å². The van der Waals surface area contributed by atoms with Gasteiger partial charge in [-0.15, -0.1) is 0 Å². The molecule has 0 amide bonds. The predicted octanol–water partition coefficient (Wildman–Crippen LogP) is 7.57. The number of para-hydroxylation sites is 2. The zero-order valence-corrected chi connectivity index (χ0v) is 19.2. The quantitative estimate of drug-likeness (QED) is 0.275. The first kappa shape index (κ1) is 20.6. The number of halogens is 1. The fraction of sp³-hybridized carbons (Fsp3) is 0.241. The first-order valence-corrected chi connectivity index (χ1v) is 11.5. The summed E-state index contributed by atoms with van der Waals surface area (Å²) in [6.07, 6.45) is 0. The Kier molecular flexibility index (Phi) is 5.13. The fourth-order valence-electron chi connectivity index (χ4n) is 5.59. The summed E-state index contributed by atoms with van der Waals surface area (Å²) in [5, 5.41) is 2.54. The highest BCUT2D eigenvalue weighted by molar-refractivity contribution is 5.91. The number of aromatic nitrogens is 2. The lowest BCUT2D eigenvalue weighted by molar-refractivity contribution is 0.626.